The van der Waals surface area contributed by atoms with E-state index in [1.165, 1.54) is 6.92 Å². The van der Waals surface area contributed by atoms with Gasteiger partial charge in [0.15, 0.2) is 0 Å². The van der Waals surface area contributed by atoms with E-state index in [9.17, 15) is 14.4 Å². The van der Waals surface area contributed by atoms with Gasteiger partial charge < -0.3 is 14.8 Å². The molecule has 0 aliphatic carbocycles. The Bertz CT molecular complexity index is 468. The molecule has 1 aliphatic rings. The third-order valence-electron chi connectivity index (χ3n) is 3.67. The average Bonchev–Trinajstić information content (AvgIpc) is 2.80. The van der Waals surface area contributed by atoms with Crippen molar-refractivity contribution in [3.05, 3.63) is 12.2 Å². The Morgan fingerprint density at radius 2 is 2.04 bits per heavy atom. The van der Waals surface area contributed by atoms with Gasteiger partial charge in [-0.25, -0.2) is 0 Å². The fraction of sp³-hybridized carbons (Fsp3) is 0.706. The lowest BCUT2D eigenvalue weighted by Crippen LogP contribution is -2.51. The molecule has 0 radical (unpaired) electrons. The van der Waals surface area contributed by atoms with E-state index in [0.29, 0.717) is 6.42 Å². The molecule has 0 spiro atoms. The van der Waals surface area contributed by atoms with E-state index in [4.69, 9.17) is 4.74 Å². The van der Waals surface area contributed by atoms with E-state index in [-0.39, 0.29) is 36.3 Å². The predicted molar refractivity (Wildman–Crippen MR) is 87.8 cm³/mol. The number of aldehydes is 1. The van der Waals surface area contributed by atoms with Crippen LogP contribution in [-0.2, 0) is 19.1 Å². The van der Waals surface area contributed by atoms with Crippen LogP contribution in [0.15, 0.2) is 12.2 Å². The standard InChI is InChI=1S/C17H28N2O4/c1-6-7-12-10-14(16(22)23-17(3,4)5)19-15(12)13(8-9-20)18-11(2)21/h6-7,9,12-15,19H,8,10H2,1-5H3,(H,18,21)/t12-,13?,14-,15+/m1/s1. The topological polar surface area (TPSA) is 84.5 Å². The van der Waals surface area contributed by atoms with Crippen molar-refractivity contribution in [3.63, 3.8) is 0 Å². The van der Waals surface area contributed by atoms with Gasteiger partial charge in [-0.2, -0.15) is 0 Å². The molecule has 0 aromatic carbocycles. The summed E-state index contributed by atoms with van der Waals surface area (Å²) in [5.41, 5.74) is -0.549. The monoisotopic (exact) mass is 324 g/mol. The zero-order chi connectivity index (χ0) is 17.6. The molecule has 6 heteroatoms. The molecule has 1 aliphatic heterocycles. The van der Waals surface area contributed by atoms with Crippen molar-refractivity contribution >= 4 is 18.2 Å². The predicted octanol–water partition coefficient (Wildman–Crippen LogP) is 1.34. The van der Waals surface area contributed by atoms with Crippen molar-refractivity contribution in [2.24, 2.45) is 5.92 Å². The molecule has 1 unspecified atom stereocenters. The van der Waals surface area contributed by atoms with Crippen molar-refractivity contribution in [1.29, 1.82) is 0 Å². The number of amides is 1. The summed E-state index contributed by atoms with van der Waals surface area (Å²) in [6, 6.07) is -0.972. The van der Waals surface area contributed by atoms with Crippen LogP contribution >= 0.6 is 0 Å². The number of ether oxygens (including phenoxy) is 1. The van der Waals surface area contributed by atoms with E-state index < -0.39 is 11.6 Å². The van der Waals surface area contributed by atoms with Gasteiger partial charge in [-0.1, -0.05) is 12.2 Å². The van der Waals surface area contributed by atoms with Gasteiger partial charge in [-0.15, -0.1) is 0 Å². The Morgan fingerprint density at radius 1 is 1.39 bits per heavy atom. The lowest BCUT2D eigenvalue weighted by molar-refractivity contribution is -0.157. The summed E-state index contributed by atoms with van der Waals surface area (Å²) in [6.45, 7) is 8.81. The van der Waals surface area contributed by atoms with E-state index in [2.05, 4.69) is 10.6 Å². The van der Waals surface area contributed by atoms with E-state index in [1.54, 1.807) is 0 Å². The molecular formula is C17H28N2O4. The maximum absolute atomic E-state index is 12.3. The average molecular weight is 324 g/mol. The number of rotatable bonds is 6. The van der Waals surface area contributed by atoms with Crippen molar-refractivity contribution in [3.8, 4) is 0 Å². The maximum Gasteiger partial charge on any atom is 0.323 e. The fourth-order valence-electron chi connectivity index (χ4n) is 2.90. The highest BCUT2D eigenvalue weighted by Crippen LogP contribution is 2.27. The number of carbonyl (C=O) groups is 3. The van der Waals surface area contributed by atoms with Crippen LogP contribution < -0.4 is 10.6 Å². The first-order valence-electron chi connectivity index (χ1n) is 8.00. The normalized spacial score (nSPS) is 26.0. The summed E-state index contributed by atoms with van der Waals surface area (Å²) in [5, 5.41) is 6.04. The van der Waals surface area contributed by atoms with Crippen molar-refractivity contribution in [1.82, 2.24) is 10.6 Å². The SMILES string of the molecule is CC=C[C@@H]1C[C@H](C(=O)OC(C)(C)C)N[C@@H]1C(CC=O)NC(C)=O. The van der Waals surface area contributed by atoms with Crippen LogP contribution in [-0.4, -0.2) is 41.9 Å². The third-order valence-corrected chi connectivity index (χ3v) is 3.67. The number of esters is 1. The zero-order valence-electron chi connectivity index (χ0n) is 14.6. The first-order valence-corrected chi connectivity index (χ1v) is 8.00. The molecule has 0 bridgehead atoms. The molecule has 1 heterocycles. The van der Waals surface area contributed by atoms with Crippen LogP contribution in [0.3, 0.4) is 0 Å². The molecule has 0 aromatic rings. The summed E-state index contributed by atoms with van der Waals surface area (Å²) in [7, 11) is 0. The summed E-state index contributed by atoms with van der Waals surface area (Å²) < 4.78 is 5.43. The molecule has 6 nitrogen and oxygen atoms in total. The molecular weight excluding hydrogens is 296 g/mol. The lowest BCUT2D eigenvalue weighted by atomic mass is 9.91. The summed E-state index contributed by atoms with van der Waals surface area (Å²) in [4.78, 5) is 34.6. The van der Waals surface area contributed by atoms with Crippen LogP contribution in [0.4, 0.5) is 0 Å². The highest BCUT2D eigenvalue weighted by atomic mass is 16.6. The molecule has 1 saturated heterocycles. The summed E-state index contributed by atoms with van der Waals surface area (Å²) in [5.74, 6) is -0.449. The Labute approximate surface area is 138 Å². The van der Waals surface area contributed by atoms with E-state index in [0.717, 1.165) is 6.29 Å². The number of carbonyl (C=O) groups excluding carboxylic acids is 3. The zero-order valence-corrected chi connectivity index (χ0v) is 14.6. The largest absolute Gasteiger partial charge is 0.459 e. The molecule has 0 aromatic heterocycles. The van der Waals surface area contributed by atoms with Crippen LogP contribution in [0.1, 0.15) is 47.5 Å². The summed E-state index contributed by atoms with van der Waals surface area (Å²) in [6.07, 6.45) is 5.49. The number of hydrogen-bond acceptors (Lipinski definition) is 5. The van der Waals surface area contributed by atoms with Crippen molar-refractivity contribution < 1.29 is 19.1 Å². The second-order valence-corrected chi connectivity index (χ2v) is 6.91. The van der Waals surface area contributed by atoms with Crippen molar-refractivity contribution in [2.75, 3.05) is 0 Å². The second-order valence-electron chi connectivity index (χ2n) is 6.91. The molecule has 0 saturated carbocycles. The molecule has 2 N–H and O–H groups in total. The Morgan fingerprint density at radius 3 is 2.52 bits per heavy atom. The quantitative estimate of drug-likeness (QED) is 0.438. The van der Waals surface area contributed by atoms with Gasteiger partial charge in [0.2, 0.25) is 5.91 Å². The first-order chi connectivity index (χ1) is 10.7. The van der Waals surface area contributed by atoms with Gasteiger partial charge in [0.05, 0.1) is 6.04 Å². The Balaban J connectivity index is 2.89. The molecule has 130 valence electrons. The minimum absolute atomic E-state index is 0.0503. The van der Waals surface area contributed by atoms with Crippen LogP contribution in [0.5, 0.6) is 0 Å². The van der Waals surface area contributed by atoms with Gasteiger partial charge in [0.25, 0.3) is 0 Å². The molecule has 1 fully saturated rings. The van der Waals surface area contributed by atoms with Crippen molar-refractivity contribution in [2.45, 2.75) is 71.2 Å². The smallest absolute Gasteiger partial charge is 0.323 e. The molecule has 23 heavy (non-hydrogen) atoms. The van der Waals surface area contributed by atoms with Gasteiger partial charge in [-0.3, -0.25) is 14.9 Å². The van der Waals surface area contributed by atoms with Crippen LogP contribution in [0, 0.1) is 5.92 Å². The third kappa shape index (κ3) is 6.14. The van der Waals surface area contributed by atoms with E-state index in [1.807, 2.05) is 39.8 Å². The highest BCUT2D eigenvalue weighted by Gasteiger charge is 2.41. The fourth-order valence-corrected chi connectivity index (χ4v) is 2.90. The first kappa shape index (κ1) is 19.4. The second kappa shape index (κ2) is 8.24. The van der Waals surface area contributed by atoms with Gasteiger partial charge in [0.1, 0.15) is 17.9 Å². The molecule has 1 rings (SSSR count). The van der Waals surface area contributed by atoms with Gasteiger partial charge in [-0.05, 0) is 40.0 Å². The molecule has 4 atom stereocenters. The van der Waals surface area contributed by atoms with E-state index >= 15 is 0 Å². The van der Waals surface area contributed by atoms with Gasteiger partial charge >= 0.3 is 5.97 Å². The maximum atomic E-state index is 12.3. The van der Waals surface area contributed by atoms with Gasteiger partial charge in [0, 0.05) is 19.4 Å². The number of nitrogens with one attached hydrogen (secondary N) is 2. The molecule has 1 amide bonds. The highest BCUT2D eigenvalue weighted by molar-refractivity contribution is 5.77. The number of hydrogen-bond donors (Lipinski definition) is 2. The van der Waals surface area contributed by atoms with Crippen LogP contribution in [0.25, 0.3) is 0 Å². The lowest BCUT2D eigenvalue weighted by Gasteiger charge is -2.27. The van der Waals surface area contributed by atoms with Crippen LogP contribution in [0.2, 0.25) is 0 Å². The summed E-state index contributed by atoms with van der Waals surface area (Å²) >= 11 is 0. The Kier molecular flexibility index (Phi) is 6.94. The minimum Gasteiger partial charge on any atom is -0.459 e. The number of allylic oxidation sites excluding steroid dienone is 1. The Hall–Kier alpha value is -1.69. The minimum atomic E-state index is -0.549.